The summed E-state index contributed by atoms with van der Waals surface area (Å²) < 4.78 is 38.9. The van der Waals surface area contributed by atoms with Crippen molar-refractivity contribution in [2.24, 2.45) is 5.73 Å². The van der Waals surface area contributed by atoms with Crippen molar-refractivity contribution >= 4 is 17.0 Å². The van der Waals surface area contributed by atoms with Gasteiger partial charge in [0.2, 0.25) is 0 Å². The minimum absolute atomic E-state index is 0.114. The number of anilines is 1. The Morgan fingerprint density at radius 3 is 2.51 bits per heavy atom. The first kappa shape index (κ1) is 24.3. The SMILES string of the molecule is NC1(c2ncc(-c3ccccc3)s2)CCCCC1N[C@H]1CCCN(c2ccc(C(F)(F)F)cc2)C1. The van der Waals surface area contributed by atoms with Crippen molar-refractivity contribution in [3.8, 4) is 10.4 Å². The molecule has 1 saturated heterocycles. The Balaban J connectivity index is 1.30. The lowest BCUT2D eigenvalue weighted by Crippen LogP contribution is -2.60. The molecule has 0 spiro atoms. The van der Waals surface area contributed by atoms with Gasteiger partial charge in [0.25, 0.3) is 0 Å². The van der Waals surface area contributed by atoms with Crippen molar-refractivity contribution in [3.05, 3.63) is 71.4 Å². The molecule has 0 radical (unpaired) electrons. The number of nitrogens with two attached hydrogens (primary N) is 1. The molecule has 2 unspecified atom stereocenters. The average Bonchev–Trinajstić information content (AvgIpc) is 3.37. The molecule has 1 aliphatic carbocycles. The molecular formula is C27H31F3N4S. The standard InChI is InChI=1S/C27H31F3N4S/c28-27(29,30)20-11-13-22(14-12-20)34-16-6-9-21(18-34)33-24-10-4-5-15-26(24,31)25-32-17-23(35-25)19-7-2-1-3-8-19/h1-3,7-8,11-14,17,21,24,33H,4-6,9-10,15-16,18,31H2/t21-,24?,26?/m0/s1. The highest BCUT2D eigenvalue weighted by atomic mass is 32.1. The number of piperidine rings is 1. The zero-order valence-corrected chi connectivity index (χ0v) is 20.4. The quantitative estimate of drug-likeness (QED) is 0.439. The van der Waals surface area contributed by atoms with E-state index in [0.29, 0.717) is 0 Å². The number of halogens is 3. The second-order valence-electron chi connectivity index (χ2n) is 9.73. The van der Waals surface area contributed by atoms with Gasteiger partial charge in [0, 0.05) is 37.1 Å². The molecule has 1 saturated carbocycles. The second-order valence-corrected chi connectivity index (χ2v) is 10.8. The van der Waals surface area contributed by atoms with Crippen LogP contribution in [0.1, 0.15) is 49.1 Å². The summed E-state index contributed by atoms with van der Waals surface area (Å²) >= 11 is 1.68. The Morgan fingerprint density at radius 2 is 1.77 bits per heavy atom. The number of nitrogens with one attached hydrogen (secondary N) is 1. The number of benzene rings is 2. The van der Waals surface area contributed by atoms with Crippen LogP contribution in [-0.2, 0) is 11.7 Å². The Labute approximate surface area is 208 Å². The summed E-state index contributed by atoms with van der Waals surface area (Å²) in [7, 11) is 0. The topological polar surface area (TPSA) is 54.2 Å². The van der Waals surface area contributed by atoms with Gasteiger partial charge in [0.15, 0.2) is 0 Å². The van der Waals surface area contributed by atoms with E-state index in [2.05, 4.69) is 22.3 Å². The number of alkyl halides is 3. The minimum atomic E-state index is -4.31. The van der Waals surface area contributed by atoms with Gasteiger partial charge in [0.1, 0.15) is 5.01 Å². The zero-order chi connectivity index (χ0) is 24.5. The first-order valence-corrected chi connectivity index (χ1v) is 13.1. The summed E-state index contributed by atoms with van der Waals surface area (Å²) in [4.78, 5) is 8.08. The van der Waals surface area contributed by atoms with E-state index in [1.165, 1.54) is 12.1 Å². The van der Waals surface area contributed by atoms with Gasteiger partial charge in [-0.15, -0.1) is 11.3 Å². The maximum Gasteiger partial charge on any atom is 0.416 e. The molecule has 8 heteroatoms. The minimum Gasteiger partial charge on any atom is -0.370 e. The molecule has 0 bridgehead atoms. The first-order chi connectivity index (χ1) is 16.8. The Morgan fingerprint density at radius 1 is 1.00 bits per heavy atom. The maximum absolute atomic E-state index is 13.0. The van der Waals surface area contributed by atoms with E-state index in [4.69, 9.17) is 10.7 Å². The average molecular weight is 501 g/mol. The Kier molecular flexibility index (Phi) is 6.88. The highest BCUT2D eigenvalue weighted by Crippen LogP contribution is 2.40. The predicted molar refractivity (Wildman–Crippen MR) is 135 cm³/mol. The van der Waals surface area contributed by atoms with Crippen LogP contribution in [0.4, 0.5) is 18.9 Å². The molecule has 186 valence electrons. The Hall–Kier alpha value is -2.42. The van der Waals surface area contributed by atoms with Gasteiger partial charge < -0.3 is 16.0 Å². The number of rotatable bonds is 5. The zero-order valence-electron chi connectivity index (χ0n) is 19.6. The monoisotopic (exact) mass is 500 g/mol. The van der Waals surface area contributed by atoms with Crippen molar-refractivity contribution in [1.29, 1.82) is 0 Å². The van der Waals surface area contributed by atoms with E-state index in [9.17, 15) is 13.2 Å². The van der Waals surface area contributed by atoms with E-state index < -0.39 is 17.3 Å². The second kappa shape index (κ2) is 9.91. The maximum atomic E-state index is 13.0. The van der Waals surface area contributed by atoms with Crippen molar-refractivity contribution < 1.29 is 13.2 Å². The highest BCUT2D eigenvalue weighted by molar-refractivity contribution is 7.15. The molecule has 35 heavy (non-hydrogen) atoms. The summed E-state index contributed by atoms with van der Waals surface area (Å²) in [6, 6.07) is 16.1. The highest BCUT2D eigenvalue weighted by Gasteiger charge is 2.42. The van der Waals surface area contributed by atoms with Crippen LogP contribution in [-0.4, -0.2) is 30.2 Å². The van der Waals surface area contributed by atoms with Gasteiger partial charge in [-0.1, -0.05) is 43.2 Å². The molecule has 3 aromatic rings. The fourth-order valence-electron chi connectivity index (χ4n) is 5.40. The summed E-state index contributed by atoms with van der Waals surface area (Å²) in [6.07, 6.45) is 3.72. The fourth-order valence-corrected chi connectivity index (χ4v) is 6.51. The van der Waals surface area contributed by atoms with Crippen molar-refractivity contribution in [2.45, 2.75) is 62.3 Å². The van der Waals surface area contributed by atoms with E-state index >= 15 is 0 Å². The molecule has 2 fully saturated rings. The lowest BCUT2D eigenvalue weighted by molar-refractivity contribution is -0.137. The summed E-state index contributed by atoms with van der Waals surface area (Å²) in [6.45, 7) is 1.60. The first-order valence-electron chi connectivity index (χ1n) is 12.3. The number of thiazole rings is 1. The van der Waals surface area contributed by atoms with Crippen molar-refractivity contribution in [3.63, 3.8) is 0 Å². The summed E-state index contributed by atoms with van der Waals surface area (Å²) in [5, 5.41) is 4.83. The van der Waals surface area contributed by atoms with E-state index in [-0.39, 0.29) is 12.1 Å². The van der Waals surface area contributed by atoms with Gasteiger partial charge in [-0.05, 0) is 55.5 Å². The van der Waals surface area contributed by atoms with Crippen molar-refractivity contribution in [2.75, 3.05) is 18.0 Å². The van der Waals surface area contributed by atoms with Crippen LogP contribution in [0.15, 0.2) is 60.8 Å². The van der Waals surface area contributed by atoms with Crippen molar-refractivity contribution in [1.82, 2.24) is 10.3 Å². The van der Waals surface area contributed by atoms with Gasteiger partial charge in [-0.2, -0.15) is 13.2 Å². The smallest absolute Gasteiger partial charge is 0.370 e. The molecular weight excluding hydrogens is 469 g/mol. The van der Waals surface area contributed by atoms with Gasteiger partial charge in [-0.25, -0.2) is 4.98 Å². The normalized spacial score (nSPS) is 25.5. The van der Waals surface area contributed by atoms with Crippen LogP contribution in [0.25, 0.3) is 10.4 Å². The van der Waals surface area contributed by atoms with Crippen LogP contribution in [0.3, 0.4) is 0 Å². The van der Waals surface area contributed by atoms with E-state index in [0.717, 1.165) is 72.8 Å². The van der Waals surface area contributed by atoms with E-state index in [1.54, 1.807) is 23.5 Å². The van der Waals surface area contributed by atoms with E-state index in [1.807, 2.05) is 24.4 Å². The molecule has 1 aliphatic heterocycles. The molecule has 3 atom stereocenters. The van der Waals surface area contributed by atoms with Gasteiger partial charge in [-0.3, -0.25) is 0 Å². The molecule has 5 rings (SSSR count). The summed E-state index contributed by atoms with van der Waals surface area (Å²) in [5.74, 6) is 0. The largest absolute Gasteiger partial charge is 0.416 e. The molecule has 2 aromatic carbocycles. The number of nitrogens with zero attached hydrogens (tertiary/aromatic N) is 2. The number of hydrogen-bond acceptors (Lipinski definition) is 5. The van der Waals surface area contributed by atoms with Gasteiger partial charge >= 0.3 is 6.18 Å². The summed E-state index contributed by atoms with van der Waals surface area (Å²) in [5.41, 5.74) is 7.96. The van der Waals surface area contributed by atoms with Gasteiger partial charge in [0.05, 0.1) is 16.0 Å². The number of hydrogen-bond donors (Lipinski definition) is 2. The number of aromatic nitrogens is 1. The lowest BCUT2D eigenvalue weighted by Gasteiger charge is -2.44. The molecule has 1 aromatic heterocycles. The molecule has 2 aliphatic rings. The molecule has 3 N–H and O–H groups in total. The van der Waals surface area contributed by atoms with Crippen LogP contribution >= 0.6 is 11.3 Å². The third-order valence-corrected chi connectivity index (χ3v) is 8.58. The fraction of sp³-hybridized carbons (Fsp3) is 0.444. The third kappa shape index (κ3) is 5.25. The predicted octanol–water partition coefficient (Wildman–Crippen LogP) is 6.18. The molecule has 0 amide bonds. The van der Waals surface area contributed by atoms with Crippen LogP contribution in [0.5, 0.6) is 0 Å². The van der Waals surface area contributed by atoms with Crippen LogP contribution in [0, 0.1) is 0 Å². The third-order valence-electron chi connectivity index (χ3n) is 7.34. The lowest BCUT2D eigenvalue weighted by atomic mass is 9.78. The van der Waals surface area contributed by atoms with Crippen LogP contribution in [0.2, 0.25) is 0 Å². The van der Waals surface area contributed by atoms with Crippen LogP contribution < -0.4 is 16.0 Å². The molecule has 4 nitrogen and oxygen atoms in total. The molecule has 2 heterocycles. The Bertz CT molecular complexity index is 1120.